The van der Waals surface area contributed by atoms with Gasteiger partial charge in [-0.15, -0.1) is 0 Å². The van der Waals surface area contributed by atoms with Crippen LogP contribution in [0.2, 0.25) is 0 Å². The Labute approximate surface area is 140 Å². The quantitative estimate of drug-likeness (QED) is 0.819. The molecule has 0 saturated heterocycles. The van der Waals surface area contributed by atoms with Crippen LogP contribution in [-0.4, -0.2) is 32.6 Å². The summed E-state index contributed by atoms with van der Waals surface area (Å²) in [7, 11) is 2.95. The standard InChI is InChI=1S/C18H20N2O4/c1-23-12-16(21)19-14-8-10-15(11-9-14)20-18(22)17(24-2)13-6-4-3-5-7-13/h3-11,17H,12H2,1-2H3,(H,19,21)(H,20,22)/t17-/m1/s1. The number of amides is 2. The number of carbonyl (C=O) groups excluding carboxylic acids is 2. The predicted octanol–water partition coefficient (Wildman–Crippen LogP) is 2.60. The molecule has 0 radical (unpaired) electrons. The minimum atomic E-state index is -0.688. The Morgan fingerprint density at radius 3 is 2.04 bits per heavy atom. The van der Waals surface area contributed by atoms with Gasteiger partial charge in [0.1, 0.15) is 6.61 Å². The van der Waals surface area contributed by atoms with Crippen LogP contribution < -0.4 is 10.6 Å². The first-order valence-electron chi connectivity index (χ1n) is 7.41. The second kappa shape index (κ2) is 8.81. The highest BCUT2D eigenvalue weighted by molar-refractivity contribution is 5.95. The molecule has 0 aliphatic carbocycles. The first kappa shape index (κ1) is 17.7. The average molecular weight is 328 g/mol. The molecule has 24 heavy (non-hydrogen) atoms. The van der Waals surface area contributed by atoms with Crippen LogP contribution in [0.25, 0.3) is 0 Å². The van der Waals surface area contributed by atoms with Crippen LogP contribution in [0.1, 0.15) is 11.7 Å². The minimum absolute atomic E-state index is 0.00885. The Bertz CT molecular complexity index is 671. The smallest absolute Gasteiger partial charge is 0.258 e. The average Bonchev–Trinajstić information content (AvgIpc) is 2.58. The molecule has 0 saturated carbocycles. The molecule has 2 amide bonds. The Balaban J connectivity index is 1.99. The zero-order valence-electron chi connectivity index (χ0n) is 13.6. The maximum atomic E-state index is 12.4. The molecule has 2 N–H and O–H groups in total. The van der Waals surface area contributed by atoms with E-state index in [0.717, 1.165) is 5.56 Å². The zero-order valence-corrected chi connectivity index (χ0v) is 13.6. The molecule has 0 bridgehead atoms. The van der Waals surface area contributed by atoms with E-state index in [9.17, 15) is 9.59 Å². The zero-order chi connectivity index (χ0) is 17.4. The van der Waals surface area contributed by atoms with Crippen LogP contribution in [0, 0.1) is 0 Å². The van der Waals surface area contributed by atoms with Crippen LogP contribution >= 0.6 is 0 Å². The molecule has 6 nitrogen and oxygen atoms in total. The van der Waals surface area contributed by atoms with Gasteiger partial charge in [-0.25, -0.2) is 0 Å². The third-order valence-electron chi connectivity index (χ3n) is 3.29. The molecule has 2 aromatic carbocycles. The molecule has 0 unspecified atom stereocenters. The summed E-state index contributed by atoms with van der Waals surface area (Å²) in [5.74, 6) is -0.502. The maximum absolute atomic E-state index is 12.4. The number of ether oxygens (including phenoxy) is 2. The van der Waals surface area contributed by atoms with E-state index in [4.69, 9.17) is 9.47 Å². The van der Waals surface area contributed by atoms with Crippen molar-refractivity contribution in [3.05, 3.63) is 60.2 Å². The van der Waals surface area contributed by atoms with E-state index in [0.29, 0.717) is 11.4 Å². The van der Waals surface area contributed by atoms with Gasteiger partial charge in [-0.2, -0.15) is 0 Å². The van der Waals surface area contributed by atoms with Crippen molar-refractivity contribution in [2.45, 2.75) is 6.10 Å². The van der Waals surface area contributed by atoms with E-state index >= 15 is 0 Å². The van der Waals surface area contributed by atoms with Crippen LogP contribution in [0.3, 0.4) is 0 Å². The second-order valence-corrected chi connectivity index (χ2v) is 5.07. The molecule has 6 heteroatoms. The Morgan fingerprint density at radius 2 is 1.50 bits per heavy atom. The molecule has 126 valence electrons. The number of methoxy groups -OCH3 is 2. The van der Waals surface area contributed by atoms with E-state index in [1.165, 1.54) is 14.2 Å². The Kier molecular flexibility index (Phi) is 6.48. The highest BCUT2D eigenvalue weighted by Crippen LogP contribution is 2.20. The van der Waals surface area contributed by atoms with Crippen molar-refractivity contribution in [3.63, 3.8) is 0 Å². The van der Waals surface area contributed by atoms with E-state index in [1.54, 1.807) is 24.3 Å². The van der Waals surface area contributed by atoms with Gasteiger partial charge in [-0.1, -0.05) is 30.3 Å². The van der Waals surface area contributed by atoms with Gasteiger partial charge >= 0.3 is 0 Å². The number of nitrogens with one attached hydrogen (secondary N) is 2. The third-order valence-corrected chi connectivity index (χ3v) is 3.29. The lowest BCUT2D eigenvalue weighted by Gasteiger charge is -2.16. The normalized spacial score (nSPS) is 11.6. The summed E-state index contributed by atoms with van der Waals surface area (Å²) in [5.41, 5.74) is 2.02. The number of hydrogen-bond donors (Lipinski definition) is 2. The molecular formula is C18H20N2O4. The topological polar surface area (TPSA) is 76.7 Å². The van der Waals surface area contributed by atoms with Gasteiger partial charge < -0.3 is 20.1 Å². The molecule has 0 aliphatic rings. The molecule has 0 spiro atoms. The molecule has 0 heterocycles. The SMILES string of the molecule is COCC(=O)Nc1ccc(NC(=O)[C@H](OC)c2ccccc2)cc1. The first-order chi connectivity index (χ1) is 11.6. The van der Waals surface area contributed by atoms with Gasteiger partial charge in [0.25, 0.3) is 5.91 Å². The minimum Gasteiger partial charge on any atom is -0.375 e. The first-order valence-corrected chi connectivity index (χ1v) is 7.41. The van der Waals surface area contributed by atoms with E-state index in [-0.39, 0.29) is 18.4 Å². The summed E-state index contributed by atoms with van der Waals surface area (Å²) in [5, 5.41) is 5.48. The van der Waals surface area contributed by atoms with E-state index in [2.05, 4.69) is 10.6 Å². The molecule has 0 aromatic heterocycles. The second-order valence-electron chi connectivity index (χ2n) is 5.07. The lowest BCUT2D eigenvalue weighted by atomic mass is 10.1. The molecule has 2 rings (SSSR count). The summed E-state index contributed by atoms with van der Waals surface area (Å²) in [4.78, 5) is 23.8. The van der Waals surface area contributed by atoms with Crippen LogP contribution in [0.15, 0.2) is 54.6 Å². The lowest BCUT2D eigenvalue weighted by molar-refractivity contribution is -0.126. The molecule has 0 aliphatic heterocycles. The van der Waals surface area contributed by atoms with Gasteiger partial charge in [0.05, 0.1) is 0 Å². The fraction of sp³-hybridized carbons (Fsp3) is 0.222. The van der Waals surface area contributed by atoms with Crippen molar-refractivity contribution in [3.8, 4) is 0 Å². The van der Waals surface area contributed by atoms with Gasteiger partial charge in [0.15, 0.2) is 6.10 Å². The van der Waals surface area contributed by atoms with Crippen molar-refractivity contribution in [2.75, 3.05) is 31.5 Å². The number of benzene rings is 2. The highest BCUT2D eigenvalue weighted by Gasteiger charge is 2.19. The van der Waals surface area contributed by atoms with Crippen LogP contribution in [0.5, 0.6) is 0 Å². The highest BCUT2D eigenvalue weighted by atomic mass is 16.5. The fourth-order valence-corrected chi connectivity index (χ4v) is 2.20. The maximum Gasteiger partial charge on any atom is 0.258 e. The number of hydrogen-bond acceptors (Lipinski definition) is 4. The predicted molar refractivity (Wildman–Crippen MR) is 91.8 cm³/mol. The molecule has 0 fully saturated rings. The monoisotopic (exact) mass is 328 g/mol. The van der Waals surface area contributed by atoms with Gasteiger partial charge in [-0.3, -0.25) is 9.59 Å². The van der Waals surface area contributed by atoms with Crippen molar-refractivity contribution in [2.24, 2.45) is 0 Å². The van der Waals surface area contributed by atoms with Gasteiger partial charge in [0, 0.05) is 25.6 Å². The summed E-state index contributed by atoms with van der Waals surface area (Å²) < 4.78 is 10.0. The Hall–Kier alpha value is -2.70. The van der Waals surface area contributed by atoms with E-state index in [1.807, 2.05) is 30.3 Å². The largest absolute Gasteiger partial charge is 0.375 e. The molecule has 1 atom stereocenters. The van der Waals surface area contributed by atoms with Crippen molar-refractivity contribution in [1.29, 1.82) is 0 Å². The summed E-state index contributed by atoms with van der Waals surface area (Å²) >= 11 is 0. The third kappa shape index (κ3) is 4.91. The number of anilines is 2. The van der Waals surface area contributed by atoms with Crippen LogP contribution in [0.4, 0.5) is 11.4 Å². The van der Waals surface area contributed by atoms with Crippen LogP contribution in [-0.2, 0) is 19.1 Å². The van der Waals surface area contributed by atoms with Crippen molar-refractivity contribution < 1.29 is 19.1 Å². The number of rotatable bonds is 7. The molecular weight excluding hydrogens is 308 g/mol. The Morgan fingerprint density at radius 1 is 0.917 bits per heavy atom. The van der Waals surface area contributed by atoms with Crippen molar-refractivity contribution in [1.82, 2.24) is 0 Å². The van der Waals surface area contributed by atoms with Gasteiger partial charge in [0.2, 0.25) is 5.91 Å². The summed E-state index contributed by atoms with van der Waals surface area (Å²) in [6, 6.07) is 16.1. The fourth-order valence-electron chi connectivity index (χ4n) is 2.20. The molecule has 2 aromatic rings. The van der Waals surface area contributed by atoms with E-state index < -0.39 is 6.10 Å². The lowest BCUT2D eigenvalue weighted by Crippen LogP contribution is -2.22. The van der Waals surface area contributed by atoms with Gasteiger partial charge in [-0.05, 0) is 29.8 Å². The summed E-state index contributed by atoms with van der Waals surface area (Å²) in [6.45, 7) is -0.00885. The number of carbonyl (C=O) groups is 2. The summed E-state index contributed by atoms with van der Waals surface area (Å²) in [6.07, 6.45) is -0.688. The van der Waals surface area contributed by atoms with Crippen molar-refractivity contribution >= 4 is 23.2 Å².